The van der Waals surface area contributed by atoms with Crippen molar-refractivity contribution in [1.82, 2.24) is 0 Å². The second-order valence-electron chi connectivity index (χ2n) is 3.85. The van der Waals surface area contributed by atoms with Gasteiger partial charge in [0.2, 0.25) is 11.7 Å². The number of isocyanates is 1. The highest BCUT2D eigenvalue weighted by atomic mass is 16.6. The van der Waals surface area contributed by atoms with Gasteiger partial charge in [-0.1, -0.05) is 0 Å². The van der Waals surface area contributed by atoms with E-state index in [0.717, 1.165) is 0 Å². The van der Waals surface area contributed by atoms with Gasteiger partial charge in [-0.15, -0.1) is 0 Å². The zero-order valence-corrected chi connectivity index (χ0v) is 8.25. The van der Waals surface area contributed by atoms with Crippen molar-refractivity contribution >= 4 is 12.0 Å². The standard InChI is InChI=1S/C8H14N2O3/c1-7(2,3)13-6(12)8(4,9)10-5-11/h9H2,1-4H3/t8-/m1/s1. The van der Waals surface area contributed by atoms with Gasteiger partial charge in [-0.2, -0.15) is 4.99 Å². The third-order valence-electron chi connectivity index (χ3n) is 1.09. The first-order chi connectivity index (χ1) is 5.69. The second-order valence-corrected chi connectivity index (χ2v) is 3.85. The zero-order chi connectivity index (χ0) is 10.7. The lowest BCUT2D eigenvalue weighted by Crippen LogP contribution is -2.46. The average Bonchev–Trinajstić information content (AvgIpc) is 1.82. The van der Waals surface area contributed by atoms with Crippen molar-refractivity contribution in [2.45, 2.75) is 39.0 Å². The van der Waals surface area contributed by atoms with Gasteiger partial charge < -0.3 is 4.74 Å². The molecular weight excluding hydrogens is 172 g/mol. The van der Waals surface area contributed by atoms with Gasteiger partial charge in [-0.3, -0.25) is 5.73 Å². The molecule has 2 N–H and O–H groups in total. The highest BCUT2D eigenvalue weighted by molar-refractivity contribution is 5.80. The second kappa shape index (κ2) is 3.68. The van der Waals surface area contributed by atoms with E-state index in [4.69, 9.17) is 10.5 Å². The SMILES string of the molecule is CC(C)(C)OC(=O)[C@](C)(N)N=C=O. The lowest BCUT2D eigenvalue weighted by atomic mass is 10.1. The molecule has 0 aromatic heterocycles. The van der Waals surface area contributed by atoms with Gasteiger partial charge in [0, 0.05) is 0 Å². The predicted molar refractivity (Wildman–Crippen MR) is 46.6 cm³/mol. The van der Waals surface area contributed by atoms with E-state index in [0.29, 0.717) is 0 Å². The number of esters is 1. The van der Waals surface area contributed by atoms with Crippen LogP contribution in [0.25, 0.3) is 0 Å². The Balaban J connectivity index is 4.52. The van der Waals surface area contributed by atoms with Gasteiger partial charge in [0.1, 0.15) is 5.60 Å². The molecule has 0 amide bonds. The van der Waals surface area contributed by atoms with Crippen LogP contribution in [0.2, 0.25) is 0 Å². The van der Waals surface area contributed by atoms with Gasteiger partial charge in [-0.05, 0) is 27.7 Å². The van der Waals surface area contributed by atoms with Gasteiger partial charge in [0.15, 0.2) is 0 Å². The summed E-state index contributed by atoms with van der Waals surface area (Å²) in [5.74, 6) is -0.747. The lowest BCUT2D eigenvalue weighted by molar-refractivity contribution is -0.160. The van der Waals surface area contributed by atoms with Crippen LogP contribution in [0.1, 0.15) is 27.7 Å². The van der Waals surface area contributed by atoms with Crippen LogP contribution in [-0.2, 0) is 14.3 Å². The number of nitrogens with zero attached hydrogens (tertiary/aromatic N) is 1. The maximum absolute atomic E-state index is 11.3. The van der Waals surface area contributed by atoms with Crippen molar-refractivity contribution < 1.29 is 14.3 Å². The van der Waals surface area contributed by atoms with Crippen molar-refractivity contribution in [3.63, 3.8) is 0 Å². The number of ether oxygens (including phenoxy) is 1. The third kappa shape index (κ3) is 4.40. The minimum absolute atomic E-state index is 0.643. The van der Waals surface area contributed by atoms with Crippen molar-refractivity contribution in [3.8, 4) is 0 Å². The summed E-state index contributed by atoms with van der Waals surface area (Å²) in [6.45, 7) is 6.38. The van der Waals surface area contributed by atoms with Crippen LogP contribution in [0.3, 0.4) is 0 Å². The maximum Gasteiger partial charge on any atom is 0.350 e. The Hall–Kier alpha value is -1.19. The lowest BCUT2D eigenvalue weighted by Gasteiger charge is -2.24. The topological polar surface area (TPSA) is 81.8 Å². The molecule has 0 spiro atoms. The number of rotatable bonds is 2. The Morgan fingerprint density at radius 2 is 1.85 bits per heavy atom. The molecule has 0 bridgehead atoms. The number of nitrogens with two attached hydrogens (primary N) is 1. The van der Waals surface area contributed by atoms with Crippen LogP contribution in [0.4, 0.5) is 0 Å². The molecule has 0 aliphatic rings. The molecule has 74 valence electrons. The fourth-order valence-electron chi connectivity index (χ4n) is 0.522. The third-order valence-corrected chi connectivity index (χ3v) is 1.09. The number of hydrogen-bond donors (Lipinski definition) is 1. The molecule has 0 aliphatic carbocycles. The number of hydrogen-bond acceptors (Lipinski definition) is 5. The highest BCUT2D eigenvalue weighted by Gasteiger charge is 2.32. The number of carbonyl (C=O) groups is 1. The maximum atomic E-state index is 11.3. The monoisotopic (exact) mass is 186 g/mol. The molecular formula is C8H14N2O3. The van der Waals surface area contributed by atoms with Crippen molar-refractivity contribution in [2.24, 2.45) is 10.7 Å². The molecule has 0 aromatic carbocycles. The van der Waals surface area contributed by atoms with E-state index in [9.17, 15) is 9.59 Å². The fraction of sp³-hybridized carbons (Fsp3) is 0.750. The smallest absolute Gasteiger partial charge is 0.350 e. The van der Waals surface area contributed by atoms with E-state index in [1.54, 1.807) is 20.8 Å². The normalized spacial score (nSPS) is 15.5. The Kier molecular flexibility index (Phi) is 3.34. The van der Waals surface area contributed by atoms with Crippen LogP contribution < -0.4 is 5.73 Å². The quantitative estimate of drug-likeness (QED) is 0.383. The van der Waals surface area contributed by atoms with Gasteiger partial charge in [-0.25, -0.2) is 9.59 Å². The summed E-state index contributed by atoms with van der Waals surface area (Å²) in [6, 6.07) is 0. The minimum Gasteiger partial charge on any atom is -0.457 e. The van der Waals surface area contributed by atoms with E-state index in [1.807, 2.05) is 0 Å². The molecule has 0 unspecified atom stereocenters. The van der Waals surface area contributed by atoms with Crippen LogP contribution in [0.15, 0.2) is 4.99 Å². The molecule has 0 rings (SSSR count). The number of aliphatic imine (C=N–C) groups is 1. The summed E-state index contributed by atoms with van der Waals surface area (Å²) in [7, 11) is 0. The molecule has 0 aliphatic heterocycles. The Morgan fingerprint density at radius 3 is 2.15 bits per heavy atom. The van der Waals surface area contributed by atoms with Crippen molar-refractivity contribution in [1.29, 1.82) is 0 Å². The first kappa shape index (κ1) is 11.8. The molecule has 0 fully saturated rings. The molecule has 0 aromatic rings. The fourth-order valence-corrected chi connectivity index (χ4v) is 0.522. The van der Waals surface area contributed by atoms with E-state index < -0.39 is 17.2 Å². The van der Waals surface area contributed by atoms with Gasteiger partial charge in [0.05, 0.1) is 0 Å². The molecule has 0 heterocycles. The molecule has 0 saturated heterocycles. The van der Waals surface area contributed by atoms with Crippen LogP contribution in [-0.4, -0.2) is 23.3 Å². The summed E-state index contributed by atoms with van der Waals surface area (Å²) in [5, 5.41) is 0. The summed E-state index contributed by atoms with van der Waals surface area (Å²) in [4.78, 5) is 24.3. The summed E-state index contributed by atoms with van der Waals surface area (Å²) in [5.41, 5.74) is 3.09. The molecule has 1 atom stereocenters. The van der Waals surface area contributed by atoms with Crippen LogP contribution in [0.5, 0.6) is 0 Å². The molecule has 13 heavy (non-hydrogen) atoms. The van der Waals surface area contributed by atoms with Gasteiger partial charge in [0.25, 0.3) is 0 Å². The summed E-state index contributed by atoms with van der Waals surface area (Å²) in [6.07, 6.45) is 1.22. The average molecular weight is 186 g/mol. The molecule has 5 nitrogen and oxygen atoms in total. The Bertz CT molecular complexity index is 247. The predicted octanol–water partition coefficient (Wildman–Crippen LogP) is 0.339. The van der Waals surface area contributed by atoms with Gasteiger partial charge >= 0.3 is 5.97 Å². The molecule has 5 heteroatoms. The van der Waals surface area contributed by atoms with E-state index in [2.05, 4.69) is 4.99 Å². The van der Waals surface area contributed by atoms with Crippen molar-refractivity contribution in [3.05, 3.63) is 0 Å². The largest absolute Gasteiger partial charge is 0.457 e. The molecule has 0 radical (unpaired) electrons. The highest BCUT2D eigenvalue weighted by Crippen LogP contribution is 2.12. The summed E-state index contributed by atoms with van der Waals surface area (Å²) < 4.78 is 4.92. The molecule has 0 saturated carbocycles. The van der Waals surface area contributed by atoms with Crippen LogP contribution in [0, 0.1) is 0 Å². The number of carbonyl (C=O) groups excluding carboxylic acids is 2. The van der Waals surface area contributed by atoms with Crippen LogP contribution >= 0.6 is 0 Å². The summed E-state index contributed by atoms with van der Waals surface area (Å²) >= 11 is 0. The first-order valence-corrected chi connectivity index (χ1v) is 3.80. The van der Waals surface area contributed by atoms with E-state index in [-0.39, 0.29) is 0 Å². The minimum atomic E-state index is -1.64. The Labute approximate surface area is 77.0 Å². The Morgan fingerprint density at radius 1 is 1.38 bits per heavy atom. The van der Waals surface area contributed by atoms with Crippen molar-refractivity contribution in [2.75, 3.05) is 0 Å². The zero-order valence-electron chi connectivity index (χ0n) is 8.25. The van der Waals surface area contributed by atoms with E-state index >= 15 is 0 Å². The van der Waals surface area contributed by atoms with E-state index in [1.165, 1.54) is 13.0 Å². The first-order valence-electron chi connectivity index (χ1n) is 3.80.